The molecule has 0 bridgehead atoms. The van der Waals surface area contributed by atoms with E-state index in [0.29, 0.717) is 13.0 Å². The summed E-state index contributed by atoms with van der Waals surface area (Å²) >= 11 is 0. The highest BCUT2D eigenvalue weighted by molar-refractivity contribution is 6.07. The van der Waals surface area contributed by atoms with Crippen molar-refractivity contribution in [3.05, 3.63) is 59.7 Å². The normalized spacial score (nSPS) is 17.7. The number of rotatable bonds is 2. The maximum absolute atomic E-state index is 13.2. The highest BCUT2D eigenvalue weighted by Gasteiger charge is 2.35. The lowest BCUT2D eigenvalue weighted by Gasteiger charge is -2.31. The van der Waals surface area contributed by atoms with E-state index in [-0.39, 0.29) is 11.8 Å². The summed E-state index contributed by atoms with van der Waals surface area (Å²) in [6, 6.07) is 15.5. The first kappa shape index (κ1) is 15.9. The van der Waals surface area contributed by atoms with Gasteiger partial charge in [0.25, 0.3) is 0 Å². The predicted octanol–water partition coefficient (Wildman–Crippen LogP) is 3.33. The molecule has 2 aliphatic rings. The van der Waals surface area contributed by atoms with E-state index < -0.39 is 6.04 Å². The first-order chi connectivity index (χ1) is 12.2. The first-order valence-corrected chi connectivity index (χ1v) is 8.96. The fraction of sp³-hybridized carbons (Fsp3) is 0.333. The number of nitrogens with zero attached hydrogens (tertiary/aromatic N) is 2. The van der Waals surface area contributed by atoms with Gasteiger partial charge >= 0.3 is 0 Å². The highest BCUT2D eigenvalue weighted by Crippen LogP contribution is 2.32. The third kappa shape index (κ3) is 2.72. The number of fused-ring (bicyclic) bond motifs is 2. The Labute approximate surface area is 148 Å². The van der Waals surface area contributed by atoms with Crippen LogP contribution in [0.2, 0.25) is 0 Å². The van der Waals surface area contributed by atoms with Crippen molar-refractivity contribution in [3.8, 4) is 0 Å². The molecule has 1 atom stereocenters. The Kier molecular flexibility index (Phi) is 4.04. The Bertz CT molecular complexity index is 830. The van der Waals surface area contributed by atoms with Gasteiger partial charge in [0.05, 0.1) is 0 Å². The number of anilines is 2. The maximum atomic E-state index is 13.2. The molecule has 0 spiro atoms. The zero-order valence-electron chi connectivity index (χ0n) is 14.4. The van der Waals surface area contributed by atoms with Gasteiger partial charge in [-0.15, -0.1) is 0 Å². The van der Waals surface area contributed by atoms with Crippen LogP contribution in [0.15, 0.2) is 48.5 Å². The van der Waals surface area contributed by atoms with Gasteiger partial charge in [-0.2, -0.15) is 0 Å². The van der Waals surface area contributed by atoms with Crippen molar-refractivity contribution in [2.45, 2.75) is 38.6 Å². The molecule has 25 heavy (non-hydrogen) atoms. The number of aryl methyl sites for hydroxylation is 1. The third-order valence-corrected chi connectivity index (χ3v) is 5.25. The molecular formula is C21H22N2O2. The molecule has 2 aromatic rings. The van der Waals surface area contributed by atoms with Crippen molar-refractivity contribution in [3.63, 3.8) is 0 Å². The van der Waals surface area contributed by atoms with Gasteiger partial charge in [0.2, 0.25) is 11.8 Å². The lowest BCUT2D eigenvalue weighted by Crippen LogP contribution is -2.49. The van der Waals surface area contributed by atoms with E-state index in [0.717, 1.165) is 36.2 Å². The summed E-state index contributed by atoms with van der Waals surface area (Å²) in [6.07, 6.45) is 3.08. The number of hydrogen-bond donors (Lipinski definition) is 0. The van der Waals surface area contributed by atoms with Gasteiger partial charge in [-0.3, -0.25) is 14.5 Å². The molecule has 0 N–H and O–H groups in total. The van der Waals surface area contributed by atoms with E-state index >= 15 is 0 Å². The zero-order valence-corrected chi connectivity index (χ0v) is 14.4. The average Bonchev–Trinajstić information content (AvgIpc) is 2.98. The van der Waals surface area contributed by atoms with Gasteiger partial charge in [-0.1, -0.05) is 36.4 Å². The number of carbonyl (C=O) groups is 2. The van der Waals surface area contributed by atoms with Crippen LogP contribution >= 0.6 is 0 Å². The Morgan fingerprint density at radius 3 is 2.32 bits per heavy atom. The van der Waals surface area contributed by atoms with Gasteiger partial charge < -0.3 is 4.90 Å². The van der Waals surface area contributed by atoms with E-state index in [1.54, 1.807) is 4.90 Å². The largest absolute Gasteiger partial charge is 0.310 e. The van der Waals surface area contributed by atoms with E-state index in [1.807, 2.05) is 48.2 Å². The number of amides is 2. The number of para-hydroxylation sites is 2. The Morgan fingerprint density at radius 2 is 1.56 bits per heavy atom. The summed E-state index contributed by atoms with van der Waals surface area (Å²) < 4.78 is 0. The van der Waals surface area contributed by atoms with Crippen molar-refractivity contribution in [2.75, 3.05) is 16.3 Å². The molecule has 2 aliphatic heterocycles. The van der Waals surface area contributed by atoms with Crippen LogP contribution in [-0.4, -0.2) is 24.4 Å². The molecule has 1 unspecified atom stereocenters. The Morgan fingerprint density at radius 1 is 0.920 bits per heavy atom. The van der Waals surface area contributed by atoms with E-state index in [9.17, 15) is 9.59 Å². The van der Waals surface area contributed by atoms with Crippen LogP contribution in [0.4, 0.5) is 11.4 Å². The van der Waals surface area contributed by atoms with E-state index in [1.165, 1.54) is 5.56 Å². The standard InChI is InChI=1S/C21H22N2O2/c1-15(21(25)22-14-13-17-8-2-4-10-18(17)22)23-19-11-5-3-7-16(19)9-6-12-20(23)24/h2-5,7-8,10-11,15H,6,9,12-14H2,1H3. The van der Waals surface area contributed by atoms with Gasteiger partial charge in [-0.05, 0) is 49.4 Å². The predicted molar refractivity (Wildman–Crippen MR) is 98.8 cm³/mol. The number of hydrogen-bond acceptors (Lipinski definition) is 2. The Balaban J connectivity index is 1.67. The smallest absolute Gasteiger partial charge is 0.249 e. The average molecular weight is 334 g/mol. The van der Waals surface area contributed by atoms with E-state index in [4.69, 9.17) is 0 Å². The summed E-state index contributed by atoms with van der Waals surface area (Å²) in [6.45, 7) is 2.54. The van der Waals surface area contributed by atoms with Crippen molar-refractivity contribution in [2.24, 2.45) is 0 Å². The molecule has 0 radical (unpaired) electrons. The second-order valence-electron chi connectivity index (χ2n) is 6.79. The zero-order chi connectivity index (χ0) is 17.4. The fourth-order valence-electron chi connectivity index (χ4n) is 3.97. The lowest BCUT2D eigenvalue weighted by molar-refractivity contribution is -0.124. The summed E-state index contributed by atoms with van der Waals surface area (Å²) in [4.78, 5) is 29.5. The third-order valence-electron chi connectivity index (χ3n) is 5.25. The molecule has 0 saturated carbocycles. The van der Waals surface area contributed by atoms with Crippen molar-refractivity contribution >= 4 is 23.2 Å². The topological polar surface area (TPSA) is 40.6 Å². The van der Waals surface area contributed by atoms with E-state index in [2.05, 4.69) is 12.1 Å². The fourth-order valence-corrected chi connectivity index (χ4v) is 3.97. The SMILES string of the molecule is CC(C(=O)N1CCc2ccccc21)N1C(=O)CCCc2ccccc21. The summed E-state index contributed by atoms with van der Waals surface area (Å²) in [7, 11) is 0. The lowest BCUT2D eigenvalue weighted by atomic mass is 10.1. The molecule has 2 heterocycles. The summed E-state index contributed by atoms with van der Waals surface area (Å²) in [5, 5.41) is 0. The number of carbonyl (C=O) groups excluding carboxylic acids is 2. The van der Waals surface area contributed by atoms with Crippen LogP contribution in [-0.2, 0) is 22.4 Å². The van der Waals surface area contributed by atoms with Gasteiger partial charge in [-0.25, -0.2) is 0 Å². The minimum atomic E-state index is -0.502. The van der Waals surface area contributed by atoms with Gasteiger partial charge in [0.15, 0.2) is 0 Å². The second-order valence-corrected chi connectivity index (χ2v) is 6.79. The molecule has 4 rings (SSSR count). The molecule has 0 saturated heterocycles. The minimum Gasteiger partial charge on any atom is -0.310 e. The van der Waals surface area contributed by atoms with Crippen molar-refractivity contribution < 1.29 is 9.59 Å². The summed E-state index contributed by atoms with van der Waals surface area (Å²) in [5.74, 6) is 0.0354. The second kappa shape index (κ2) is 6.36. The molecule has 2 amide bonds. The highest BCUT2D eigenvalue weighted by atomic mass is 16.2. The van der Waals surface area contributed by atoms with Crippen LogP contribution in [0, 0.1) is 0 Å². The number of benzene rings is 2. The minimum absolute atomic E-state index is 0.00463. The molecule has 4 heteroatoms. The quantitative estimate of drug-likeness (QED) is 0.845. The Hall–Kier alpha value is -2.62. The molecular weight excluding hydrogens is 312 g/mol. The van der Waals surface area contributed by atoms with Crippen LogP contribution in [0.3, 0.4) is 0 Å². The first-order valence-electron chi connectivity index (χ1n) is 8.96. The molecule has 2 aromatic carbocycles. The maximum Gasteiger partial charge on any atom is 0.249 e. The molecule has 128 valence electrons. The molecule has 0 aliphatic carbocycles. The van der Waals surface area contributed by atoms with Crippen molar-refractivity contribution in [1.82, 2.24) is 0 Å². The van der Waals surface area contributed by atoms with Crippen LogP contribution in [0.1, 0.15) is 30.9 Å². The molecule has 4 nitrogen and oxygen atoms in total. The van der Waals surface area contributed by atoms with Gasteiger partial charge in [0.1, 0.15) is 6.04 Å². The van der Waals surface area contributed by atoms with Crippen LogP contribution in [0.5, 0.6) is 0 Å². The van der Waals surface area contributed by atoms with Crippen LogP contribution < -0.4 is 9.80 Å². The van der Waals surface area contributed by atoms with Crippen LogP contribution in [0.25, 0.3) is 0 Å². The molecule has 0 aromatic heterocycles. The summed E-state index contributed by atoms with van der Waals surface area (Å²) in [5.41, 5.74) is 4.22. The molecule has 0 fully saturated rings. The monoisotopic (exact) mass is 334 g/mol. The van der Waals surface area contributed by atoms with Crippen molar-refractivity contribution in [1.29, 1.82) is 0 Å². The van der Waals surface area contributed by atoms with Gasteiger partial charge in [0, 0.05) is 24.3 Å².